The van der Waals surface area contributed by atoms with Crippen LogP contribution >= 0.6 is 11.3 Å². The number of benzene rings is 1. The van der Waals surface area contributed by atoms with Gasteiger partial charge in [-0.2, -0.15) is 0 Å². The third-order valence-electron chi connectivity index (χ3n) is 2.88. The van der Waals surface area contributed by atoms with Crippen LogP contribution in [0.1, 0.15) is 25.8 Å². The summed E-state index contributed by atoms with van der Waals surface area (Å²) in [6, 6.07) is 7.14. The van der Waals surface area contributed by atoms with Crippen molar-refractivity contribution in [2.45, 2.75) is 31.2 Å². The molecule has 2 rings (SSSR count). The van der Waals surface area contributed by atoms with E-state index in [9.17, 15) is 13.2 Å². The van der Waals surface area contributed by atoms with Gasteiger partial charge in [-0.05, 0) is 24.6 Å². The van der Waals surface area contributed by atoms with Crippen LogP contribution in [0, 0.1) is 0 Å². The molecule has 24 heavy (non-hydrogen) atoms. The predicted octanol–water partition coefficient (Wildman–Crippen LogP) is 1.76. The molecule has 0 bridgehead atoms. The Kier molecular flexibility index (Phi) is 6.23. The number of nitrogens with one attached hydrogen (secondary N) is 2. The maximum absolute atomic E-state index is 12.2. The second kappa shape index (κ2) is 8.18. The number of amides is 1. The van der Waals surface area contributed by atoms with E-state index in [1.807, 2.05) is 6.92 Å². The number of hydrogen-bond acceptors (Lipinski definition) is 7. The van der Waals surface area contributed by atoms with Gasteiger partial charge in [-0.25, -0.2) is 13.1 Å². The van der Waals surface area contributed by atoms with Gasteiger partial charge < -0.3 is 10.1 Å². The van der Waals surface area contributed by atoms with E-state index < -0.39 is 10.0 Å². The van der Waals surface area contributed by atoms with E-state index in [1.165, 1.54) is 0 Å². The van der Waals surface area contributed by atoms with Crippen LogP contribution in [0.15, 0.2) is 28.6 Å². The van der Waals surface area contributed by atoms with Crippen LogP contribution in [0.25, 0.3) is 0 Å². The van der Waals surface area contributed by atoms with E-state index in [2.05, 4.69) is 20.2 Å². The van der Waals surface area contributed by atoms with Gasteiger partial charge in [0.2, 0.25) is 15.4 Å². The molecule has 0 radical (unpaired) electrons. The van der Waals surface area contributed by atoms with E-state index in [0.717, 1.165) is 16.9 Å². The molecule has 1 aromatic heterocycles. The lowest BCUT2D eigenvalue weighted by molar-refractivity contribution is -0.115. The van der Waals surface area contributed by atoms with E-state index in [0.29, 0.717) is 12.4 Å². The zero-order chi connectivity index (χ0) is 17.6. The lowest BCUT2D eigenvalue weighted by Crippen LogP contribution is -2.23. The number of hydrogen-bond donors (Lipinski definition) is 2. The van der Waals surface area contributed by atoms with E-state index in [1.54, 1.807) is 31.2 Å². The quantitative estimate of drug-likeness (QED) is 0.685. The van der Waals surface area contributed by atoms with Gasteiger partial charge in [0.1, 0.15) is 5.75 Å². The number of ether oxygens (including phenoxy) is 1. The third-order valence-corrected chi connectivity index (χ3v) is 5.49. The first-order valence-corrected chi connectivity index (χ1v) is 9.59. The number of aromatic nitrogens is 2. The van der Waals surface area contributed by atoms with Gasteiger partial charge in [-0.3, -0.25) is 4.79 Å². The molecule has 130 valence electrons. The van der Waals surface area contributed by atoms with Crippen molar-refractivity contribution >= 4 is 32.4 Å². The summed E-state index contributed by atoms with van der Waals surface area (Å²) in [7, 11) is -3.80. The molecule has 0 aliphatic carbocycles. The Morgan fingerprint density at radius 2 is 2.08 bits per heavy atom. The maximum Gasteiger partial charge on any atom is 0.270 e. The number of sulfonamides is 1. The summed E-state index contributed by atoms with van der Waals surface area (Å²) >= 11 is 0.801. The highest BCUT2D eigenvalue weighted by Crippen LogP contribution is 2.20. The molecule has 1 heterocycles. The molecule has 0 aliphatic rings. The average molecular weight is 370 g/mol. The zero-order valence-electron chi connectivity index (χ0n) is 13.3. The van der Waals surface area contributed by atoms with Crippen molar-refractivity contribution in [3.05, 3.63) is 29.8 Å². The van der Waals surface area contributed by atoms with Crippen LogP contribution < -0.4 is 14.8 Å². The molecule has 0 atom stereocenters. The van der Waals surface area contributed by atoms with Crippen LogP contribution in [0.5, 0.6) is 5.75 Å². The Labute approximate surface area is 144 Å². The van der Waals surface area contributed by atoms with E-state index in [-0.39, 0.29) is 28.3 Å². The monoisotopic (exact) mass is 370 g/mol. The molecule has 2 aromatic rings. The molecular weight excluding hydrogens is 352 g/mol. The van der Waals surface area contributed by atoms with Gasteiger partial charge in [-0.1, -0.05) is 30.4 Å². The Morgan fingerprint density at radius 3 is 2.79 bits per heavy atom. The van der Waals surface area contributed by atoms with E-state index in [4.69, 9.17) is 4.74 Å². The molecule has 0 unspecified atom stereocenters. The zero-order valence-corrected chi connectivity index (χ0v) is 14.9. The molecule has 8 nitrogen and oxygen atoms in total. The number of rotatable bonds is 8. The lowest BCUT2D eigenvalue weighted by atomic mass is 10.2. The maximum atomic E-state index is 12.2. The first-order chi connectivity index (χ1) is 11.4. The van der Waals surface area contributed by atoms with Gasteiger partial charge in [0.05, 0.1) is 6.61 Å². The largest absolute Gasteiger partial charge is 0.494 e. The summed E-state index contributed by atoms with van der Waals surface area (Å²) in [5.41, 5.74) is 0.758. The van der Waals surface area contributed by atoms with Gasteiger partial charge in [0, 0.05) is 13.0 Å². The average Bonchev–Trinajstić information content (AvgIpc) is 3.03. The Morgan fingerprint density at radius 1 is 1.29 bits per heavy atom. The fourth-order valence-electron chi connectivity index (χ4n) is 1.73. The van der Waals surface area contributed by atoms with Gasteiger partial charge in [0.15, 0.2) is 0 Å². The summed E-state index contributed by atoms with van der Waals surface area (Å²) in [6.45, 7) is 4.19. The molecule has 1 aromatic carbocycles. The summed E-state index contributed by atoms with van der Waals surface area (Å²) < 4.78 is 32.1. The second-order valence-corrected chi connectivity index (χ2v) is 7.60. The van der Waals surface area contributed by atoms with Gasteiger partial charge in [0.25, 0.3) is 10.0 Å². The van der Waals surface area contributed by atoms with Crippen molar-refractivity contribution in [3.63, 3.8) is 0 Å². The summed E-state index contributed by atoms with van der Waals surface area (Å²) in [5.74, 6) is 0.422. The third kappa shape index (κ3) is 4.98. The Hall–Kier alpha value is -2.04. The van der Waals surface area contributed by atoms with Gasteiger partial charge in [-0.15, -0.1) is 10.2 Å². The van der Waals surface area contributed by atoms with Crippen LogP contribution in [-0.2, 0) is 21.4 Å². The topological polar surface area (TPSA) is 110 Å². The number of carbonyl (C=O) groups is 1. The van der Waals surface area contributed by atoms with Crippen molar-refractivity contribution in [3.8, 4) is 5.75 Å². The first kappa shape index (κ1) is 18.3. The normalized spacial score (nSPS) is 11.2. The Bertz CT molecular complexity index is 805. The number of carbonyl (C=O) groups excluding carboxylic acids is 1. The molecule has 10 heteroatoms. The predicted molar refractivity (Wildman–Crippen MR) is 90.5 cm³/mol. The first-order valence-electron chi connectivity index (χ1n) is 7.29. The highest BCUT2D eigenvalue weighted by molar-refractivity contribution is 7.91. The summed E-state index contributed by atoms with van der Waals surface area (Å²) in [5, 5.41) is 9.90. The molecule has 2 N–H and O–H groups in total. The molecule has 1 amide bonds. The van der Waals surface area contributed by atoms with Gasteiger partial charge >= 0.3 is 0 Å². The summed E-state index contributed by atoms with van der Waals surface area (Å²) in [4.78, 5) is 11.3. The minimum Gasteiger partial charge on any atom is -0.494 e. The molecule has 0 aliphatic heterocycles. The Balaban J connectivity index is 2.03. The molecular formula is C14H18N4O4S2. The van der Waals surface area contributed by atoms with E-state index >= 15 is 0 Å². The molecule has 0 saturated heterocycles. The lowest BCUT2D eigenvalue weighted by Gasteiger charge is -2.07. The van der Waals surface area contributed by atoms with Crippen molar-refractivity contribution < 1.29 is 17.9 Å². The second-order valence-electron chi connectivity index (χ2n) is 4.68. The van der Waals surface area contributed by atoms with Crippen LogP contribution in [0.3, 0.4) is 0 Å². The molecule has 0 spiro atoms. The smallest absolute Gasteiger partial charge is 0.270 e. The van der Waals surface area contributed by atoms with Crippen molar-refractivity contribution in [2.75, 3.05) is 11.9 Å². The SMILES string of the molecule is CCOc1cccc(CNS(=O)(=O)c2nnc(NC(=O)CC)s2)c1. The van der Waals surface area contributed by atoms with Crippen LogP contribution in [-0.4, -0.2) is 31.1 Å². The molecule has 0 fully saturated rings. The minimum atomic E-state index is -3.80. The minimum absolute atomic E-state index is 0.0967. The fourth-order valence-corrected chi connectivity index (χ4v) is 3.70. The highest BCUT2D eigenvalue weighted by Gasteiger charge is 2.20. The summed E-state index contributed by atoms with van der Waals surface area (Å²) in [6.07, 6.45) is 0.274. The van der Waals surface area contributed by atoms with Crippen LogP contribution in [0.2, 0.25) is 0 Å². The highest BCUT2D eigenvalue weighted by atomic mass is 32.2. The fraction of sp³-hybridized carbons (Fsp3) is 0.357. The van der Waals surface area contributed by atoms with Crippen LogP contribution in [0.4, 0.5) is 5.13 Å². The van der Waals surface area contributed by atoms with Crippen molar-refractivity contribution in [2.24, 2.45) is 0 Å². The number of anilines is 1. The molecule has 0 saturated carbocycles. The van der Waals surface area contributed by atoms with Crippen molar-refractivity contribution in [1.29, 1.82) is 0 Å². The van der Waals surface area contributed by atoms with Crippen molar-refractivity contribution in [1.82, 2.24) is 14.9 Å². The number of nitrogens with zero attached hydrogens (tertiary/aromatic N) is 2. The standard InChI is InChI=1S/C14H18N4O4S2/c1-3-12(19)16-13-17-18-14(23-13)24(20,21)15-9-10-6-5-7-11(8-10)22-4-2/h5-8,15H,3-4,9H2,1-2H3,(H,16,17,19).